The zero-order valence-corrected chi connectivity index (χ0v) is 21.2. The topological polar surface area (TPSA) is 18.5 Å². The minimum atomic E-state index is 0.755. The maximum absolute atomic E-state index is 6.20. The van der Waals surface area contributed by atoms with Crippen LogP contribution in [-0.4, -0.2) is 13.2 Å². The summed E-state index contributed by atoms with van der Waals surface area (Å²) in [5.41, 5.74) is 0. The molecule has 4 heteroatoms. The van der Waals surface area contributed by atoms with Gasteiger partial charge in [0.2, 0.25) is 0 Å². The Balaban J connectivity index is 1.15. The molecule has 0 radical (unpaired) electrons. The van der Waals surface area contributed by atoms with Gasteiger partial charge in [0.25, 0.3) is 0 Å². The lowest BCUT2D eigenvalue weighted by atomic mass is 9.90. The van der Waals surface area contributed by atoms with E-state index in [4.69, 9.17) is 9.47 Å². The first-order chi connectivity index (χ1) is 15.8. The van der Waals surface area contributed by atoms with Gasteiger partial charge in [-0.15, -0.1) is 0 Å². The van der Waals surface area contributed by atoms with Crippen LogP contribution in [0.3, 0.4) is 0 Å². The van der Waals surface area contributed by atoms with Crippen LogP contribution in [0.1, 0.15) is 89.9 Å². The van der Waals surface area contributed by atoms with Crippen molar-refractivity contribution in [1.82, 2.24) is 0 Å². The molecule has 0 amide bonds. The van der Waals surface area contributed by atoms with Crippen molar-refractivity contribution in [3.63, 3.8) is 0 Å². The molecule has 0 spiro atoms. The number of hydrogen-bond acceptors (Lipinski definition) is 4. The van der Waals surface area contributed by atoms with Crippen molar-refractivity contribution in [1.29, 1.82) is 0 Å². The summed E-state index contributed by atoms with van der Waals surface area (Å²) in [6.07, 6.45) is 23.2. The van der Waals surface area contributed by atoms with Crippen molar-refractivity contribution in [3.05, 3.63) is 47.1 Å². The van der Waals surface area contributed by atoms with Crippen molar-refractivity contribution in [2.45, 2.75) is 94.8 Å². The Morgan fingerprint density at radius 3 is 1.84 bits per heavy atom. The first kappa shape index (κ1) is 24.1. The van der Waals surface area contributed by atoms with E-state index in [-0.39, 0.29) is 0 Å². The van der Waals surface area contributed by atoms with Crippen molar-refractivity contribution < 1.29 is 9.47 Å². The fourth-order valence-electron chi connectivity index (χ4n) is 4.98. The van der Waals surface area contributed by atoms with Gasteiger partial charge >= 0.3 is 0 Å². The van der Waals surface area contributed by atoms with Gasteiger partial charge in [0, 0.05) is 11.3 Å². The van der Waals surface area contributed by atoms with Crippen LogP contribution in [0.5, 0.6) is 5.75 Å². The minimum absolute atomic E-state index is 0.755. The molecule has 4 rings (SSSR count). The second-order valence-corrected chi connectivity index (χ2v) is 12.1. The fourth-order valence-corrected chi connectivity index (χ4v) is 7.10. The summed E-state index contributed by atoms with van der Waals surface area (Å²) < 4.78 is 12.2. The second kappa shape index (κ2) is 13.6. The molecular weight excluding hydrogens is 432 g/mol. The van der Waals surface area contributed by atoms with E-state index < -0.39 is 0 Å². The minimum Gasteiger partial charge on any atom is -0.498 e. The van der Waals surface area contributed by atoms with Gasteiger partial charge in [0.05, 0.1) is 19.0 Å². The van der Waals surface area contributed by atoms with E-state index in [1.54, 1.807) is 0 Å². The standard InChI is InChI=1S/C28H40O2S2/c1-2-5-9-23(10-6-3-1)21-29-25-13-17-27(18-14-25)31-32-28-19-15-26(16-20-28)30-22-24-11-7-4-8-12-24/h13,15-17,19-20,23-24H,1-12,14,18,21-22H2. The Hall–Kier alpha value is -1.00. The van der Waals surface area contributed by atoms with Gasteiger partial charge in [-0.1, -0.05) is 73.0 Å². The van der Waals surface area contributed by atoms with Crippen LogP contribution in [0.25, 0.3) is 0 Å². The quantitative estimate of drug-likeness (QED) is 0.333. The predicted molar refractivity (Wildman–Crippen MR) is 139 cm³/mol. The smallest absolute Gasteiger partial charge is 0.119 e. The zero-order valence-electron chi connectivity index (χ0n) is 19.6. The molecule has 3 aliphatic carbocycles. The molecule has 2 saturated carbocycles. The number of ether oxygens (including phenoxy) is 2. The molecule has 0 saturated heterocycles. The van der Waals surface area contributed by atoms with E-state index in [9.17, 15) is 0 Å². The molecule has 1 aromatic rings. The highest BCUT2D eigenvalue weighted by Gasteiger charge is 2.15. The normalized spacial score (nSPS) is 21.2. The van der Waals surface area contributed by atoms with Gasteiger partial charge in [0.1, 0.15) is 5.75 Å². The van der Waals surface area contributed by atoms with Gasteiger partial charge in [-0.2, -0.15) is 0 Å². The van der Waals surface area contributed by atoms with E-state index in [2.05, 4.69) is 36.4 Å². The van der Waals surface area contributed by atoms with Gasteiger partial charge < -0.3 is 9.47 Å². The first-order valence-corrected chi connectivity index (χ1v) is 15.1. The molecule has 0 heterocycles. The van der Waals surface area contributed by atoms with Gasteiger partial charge in [-0.25, -0.2) is 0 Å². The van der Waals surface area contributed by atoms with Crippen LogP contribution >= 0.6 is 21.6 Å². The van der Waals surface area contributed by atoms with E-state index in [0.29, 0.717) is 0 Å². The molecular formula is C28H40O2S2. The lowest BCUT2D eigenvalue weighted by Crippen LogP contribution is -2.15. The summed E-state index contributed by atoms with van der Waals surface area (Å²) in [6.45, 7) is 1.80. The Labute approximate surface area is 203 Å². The van der Waals surface area contributed by atoms with Crippen LogP contribution in [0, 0.1) is 11.8 Å². The first-order valence-electron chi connectivity index (χ1n) is 12.9. The lowest BCUT2D eigenvalue weighted by Gasteiger charge is -2.22. The molecule has 0 atom stereocenters. The largest absolute Gasteiger partial charge is 0.498 e. The van der Waals surface area contributed by atoms with Crippen molar-refractivity contribution in [3.8, 4) is 5.75 Å². The molecule has 0 bridgehead atoms. The summed E-state index contributed by atoms with van der Waals surface area (Å²) in [5.74, 6) is 3.71. The van der Waals surface area contributed by atoms with E-state index >= 15 is 0 Å². The highest BCUT2D eigenvalue weighted by atomic mass is 33.1. The zero-order chi connectivity index (χ0) is 21.8. The molecule has 32 heavy (non-hydrogen) atoms. The van der Waals surface area contributed by atoms with Crippen molar-refractivity contribution in [2.75, 3.05) is 13.2 Å². The summed E-state index contributed by atoms with van der Waals surface area (Å²) in [4.78, 5) is 2.72. The third-order valence-electron chi connectivity index (χ3n) is 7.08. The van der Waals surface area contributed by atoms with Crippen LogP contribution in [-0.2, 0) is 4.74 Å². The third kappa shape index (κ3) is 8.41. The van der Waals surface area contributed by atoms with Crippen molar-refractivity contribution in [2.24, 2.45) is 11.8 Å². The lowest BCUT2D eigenvalue weighted by molar-refractivity contribution is 0.141. The summed E-state index contributed by atoms with van der Waals surface area (Å²) >= 11 is 0. The Bertz CT molecular complexity index is 726. The van der Waals surface area contributed by atoms with Gasteiger partial charge in [-0.3, -0.25) is 0 Å². The monoisotopic (exact) mass is 472 g/mol. The predicted octanol–water partition coefficient (Wildman–Crippen LogP) is 9.32. The Morgan fingerprint density at radius 1 is 0.625 bits per heavy atom. The molecule has 1 aromatic carbocycles. The Kier molecular flexibility index (Phi) is 10.3. The SMILES string of the molecule is C1=C(OCC2CCCCCCC2)CCC(SSc2ccc(OCC3CCCCC3)cc2)=C1. The second-order valence-electron chi connectivity index (χ2n) is 9.74. The molecule has 2 nitrogen and oxygen atoms in total. The summed E-state index contributed by atoms with van der Waals surface area (Å²) in [5, 5.41) is 0. The van der Waals surface area contributed by atoms with Crippen molar-refractivity contribution >= 4 is 21.6 Å². The molecule has 0 aliphatic heterocycles. The highest BCUT2D eigenvalue weighted by Crippen LogP contribution is 2.41. The third-order valence-corrected chi connectivity index (χ3v) is 9.65. The van der Waals surface area contributed by atoms with Crippen LogP contribution in [0.15, 0.2) is 52.0 Å². The molecule has 3 aliphatic rings. The maximum atomic E-state index is 6.20. The van der Waals surface area contributed by atoms with E-state index in [1.165, 1.54) is 92.6 Å². The van der Waals surface area contributed by atoms with Crippen LogP contribution in [0.4, 0.5) is 0 Å². The fraction of sp³-hybridized carbons (Fsp3) is 0.643. The van der Waals surface area contributed by atoms with Crippen LogP contribution in [0.2, 0.25) is 0 Å². The average Bonchev–Trinajstić information content (AvgIpc) is 2.83. The van der Waals surface area contributed by atoms with Gasteiger partial charge in [-0.05, 0) is 85.3 Å². The van der Waals surface area contributed by atoms with Crippen LogP contribution < -0.4 is 4.74 Å². The molecule has 0 aromatic heterocycles. The number of benzene rings is 1. The summed E-state index contributed by atoms with van der Waals surface area (Å²) in [7, 11) is 3.73. The Morgan fingerprint density at radius 2 is 1.22 bits per heavy atom. The number of hydrogen-bond donors (Lipinski definition) is 0. The van der Waals surface area contributed by atoms with Gasteiger partial charge in [0.15, 0.2) is 0 Å². The van der Waals surface area contributed by atoms with E-state index in [1.807, 2.05) is 21.6 Å². The number of rotatable bonds is 9. The molecule has 0 unspecified atom stereocenters. The average molecular weight is 473 g/mol. The maximum Gasteiger partial charge on any atom is 0.119 e. The summed E-state index contributed by atoms with van der Waals surface area (Å²) in [6, 6.07) is 8.64. The number of allylic oxidation sites excluding steroid dienone is 4. The molecule has 176 valence electrons. The highest BCUT2D eigenvalue weighted by molar-refractivity contribution is 8.78. The van der Waals surface area contributed by atoms with E-state index in [0.717, 1.165) is 43.6 Å². The molecule has 0 N–H and O–H groups in total. The molecule has 2 fully saturated rings.